The van der Waals surface area contributed by atoms with Crippen LogP contribution in [-0.4, -0.2) is 14.9 Å². The van der Waals surface area contributed by atoms with Crippen molar-refractivity contribution in [3.63, 3.8) is 0 Å². The lowest BCUT2D eigenvalue weighted by atomic mass is 10.1. The SMILES string of the molecule is CC(O)c1ccc(-n2ccc(C(F)(F)F)n2)cc1Br. The molecule has 1 aromatic heterocycles. The number of aromatic nitrogens is 2. The molecule has 2 aromatic rings. The van der Waals surface area contributed by atoms with Crippen molar-refractivity contribution in [3.8, 4) is 5.69 Å². The van der Waals surface area contributed by atoms with Crippen LogP contribution in [-0.2, 0) is 6.18 Å². The van der Waals surface area contributed by atoms with Crippen LogP contribution in [0.3, 0.4) is 0 Å². The van der Waals surface area contributed by atoms with Crippen LogP contribution in [0, 0.1) is 0 Å². The lowest BCUT2D eigenvalue weighted by Gasteiger charge is -2.09. The molecule has 0 saturated carbocycles. The van der Waals surface area contributed by atoms with Gasteiger partial charge in [0.25, 0.3) is 0 Å². The maximum absolute atomic E-state index is 12.4. The lowest BCUT2D eigenvalue weighted by molar-refractivity contribution is -0.141. The van der Waals surface area contributed by atoms with E-state index in [1.165, 1.54) is 6.20 Å². The second-order valence-corrected chi connectivity index (χ2v) is 4.88. The van der Waals surface area contributed by atoms with Gasteiger partial charge in [0, 0.05) is 10.7 Å². The summed E-state index contributed by atoms with van der Waals surface area (Å²) < 4.78 is 39.1. The van der Waals surface area contributed by atoms with Crippen LogP contribution >= 0.6 is 15.9 Å². The molecule has 7 heteroatoms. The van der Waals surface area contributed by atoms with Crippen LogP contribution in [0.5, 0.6) is 0 Å². The van der Waals surface area contributed by atoms with E-state index < -0.39 is 18.0 Å². The van der Waals surface area contributed by atoms with Crippen molar-refractivity contribution in [1.82, 2.24) is 9.78 Å². The van der Waals surface area contributed by atoms with Crippen LogP contribution in [0.25, 0.3) is 5.69 Å². The fraction of sp³-hybridized carbons (Fsp3) is 0.250. The number of alkyl halides is 3. The van der Waals surface area contributed by atoms with Crippen molar-refractivity contribution < 1.29 is 18.3 Å². The Kier molecular flexibility index (Phi) is 3.69. The van der Waals surface area contributed by atoms with Crippen molar-refractivity contribution in [2.45, 2.75) is 19.2 Å². The van der Waals surface area contributed by atoms with E-state index >= 15 is 0 Å². The third-order valence-electron chi connectivity index (χ3n) is 2.58. The number of halogens is 4. The molecule has 0 spiro atoms. The topological polar surface area (TPSA) is 38.0 Å². The molecule has 0 aliphatic carbocycles. The maximum Gasteiger partial charge on any atom is 0.435 e. The summed E-state index contributed by atoms with van der Waals surface area (Å²) in [6.45, 7) is 1.61. The molecular weight excluding hydrogens is 325 g/mol. The Morgan fingerprint density at radius 1 is 1.32 bits per heavy atom. The minimum Gasteiger partial charge on any atom is -0.389 e. The smallest absolute Gasteiger partial charge is 0.389 e. The zero-order valence-electron chi connectivity index (χ0n) is 9.82. The molecule has 1 heterocycles. The molecule has 0 bridgehead atoms. The first-order valence-corrected chi connectivity index (χ1v) is 6.19. The van der Waals surface area contributed by atoms with Crippen molar-refractivity contribution >= 4 is 15.9 Å². The highest BCUT2D eigenvalue weighted by Crippen LogP contribution is 2.29. The molecule has 0 saturated heterocycles. The third-order valence-corrected chi connectivity index (χ3v) is 3.26. The van der Waals surface area contributed by atoms with E-state index in [0.29, 0.717) is 15.7 Å². The van der Waals surface area contributed by atoms with Crippen LogP contribution < -0.4 is 0 Å². The quantitative estimate of drug-likeness (QED) is 0.909. The predicted molar refractivity (Wildman–Crippen MR) is 66.9 cm³/mol. The summed E-state index contributed by atoms with van der Waals surface area (Å²) in [6, 6.07) is 5.75. The van der Waals surface area contributed by atoms with E-state index in [1.807, 2.05) is 0 Å². The summed E-state index contributed by atoms with van der Waals surface area (Å²) in [4.78, 5) is 0. The second-order valence-electron chi connectivity index (χ2n) is 4.03. The van der Waals surface area contributed by atoms with Crippen LogP contribution in [0.15, 0.2) is 34.9 Å². The number of nitrogens with zero attached hydrogens (tertiary/aromatic N) is 2. The predicted octanol–water partition coefficient (Wildman–Crippen LogP) is 3.71. The van der Waals surface area contributed by atoms with Crippen molar-refractivity contribution in [3.05, 3.63) is 46.2 Å². The molecule has 0 aliphatic rings. The average molecular weight is 335 g/mol. The molecule has 1 N–H and O–H groups in total. The molecule has 0 radical (unpaired) electrons. The number of rotatable bonds is 2. The van der Waals surface area contributed by atoms with Gasteiger partial charge in [-0.1, -0.05) is 22.0 Å². The highest BCUT2D eigenvalue weighted by molar-refractivity contribution is 9.10. The van der Waals surface area contributed by atoms with E-state index in [-0.39, 0.29) is 0 Å². The van der Waals surface area contributed by atoms with Gasteiger partial charge in [0.1, 0.15) is 0 Å². The number of aliphatic hydroxyl groups excluding tert-OH is 1. The largest absolute Gasteiger partial charge is 0.435 e. The molecule has 3 nitrogen and oxygen atoms in total. The van der Waals surface area contributed by atoms with Crippen molar-refractivity contribution in [1.29, 1.82) is 0 Å². The molecule has 19 heavy (non-hydrogen) atoms. The van der Waals surface area contributed by atoms with Gasteiger partial charge in [-0.2, -0.15) is 18.3 Å². The zero-order valence-corrected chi connectivity index (χ0v) is 11.4. The highest BCUT2D eigenvalue weighted by atomic mass is 79.9. The minimum atomic E-state index is -4.46. The molecule has 2 rings (SSSR count). The molecule has 102 valence electrons. The van der Waals surface area contributed by atoms with Gasteiger partial charge in [-0.05, 0) is 30.7 Å². The summed E-state index contributed by atoms with van der Waals surface area (Å²) in [5.74, 6) is 0. The number of hydrogen-bond donors (Lipinski definition) is 1. The van der Waals surface area contributed by atoms with E-state index in [1.54, 1.807) is 25.1 Å². The van der Waals surface area contributed by atoms with Gasteiger partial charge in [0.15, 0.2) is 5.69 Å². The van der Waals surface area contributed by atoms with E-state index in [0.717, 1.165) is 10.7 Å². The highest BCUT2D eigenvalue weighted by Gasteiger charge is 2.33. The molecular formula is C12H10BrF3N2O. The fourth-order valence-corrected chi connectivity index (χ4v) is 2.31. The third kappa shape index (κ3) is 2.98. The zero-order chi connectivity index (χ0) is 14.2. The fourth-order valence-electron chi connectivity index (χ4n) is 1.62. The first-order valence-electron chi connectivity index (χ1n) is 5.40. The summed E-state index contributed by atoms with van der Waals surface area (Å²) >= 11 is 3.27. The summed E-state index contributed by atoms with van der Waals surface area (Å²) in [6.07, 6.45) is -3.87. The van der Waals surface area contributed by atoms with Crippen molar-refractivity contribution in [2.75, 3.05) is 0 Å². The lowest BCUT2D eigenvalue weighted by Crippen LogP contribution is -2.07. The molecule has 0 aliphatic heterocycles. The van der Waals surface area contributed by atoms with Gasteiger partial charge in [-0.3, -0.25) is 0 Å². The molecule has 1 atom stereocenters. The summed E-state index contributed by atoms with van der Waals surface area (Å²) in [5.41, 5.74) is 0.196. The second kappa shape index (κ2) is 4.97. The number of benzene rings is 1. The maximum atomic E-state index is 12.4. The first-order chi connectivity index (χ1) is 8.79. The van der Waals surface area contributed by atoms with E-state index in [9.17, 15) is 18.3 Å². The molecule has 1 aromatic carbocycles. The van der Waals surface area contributed by atoms with Gasteiger partial charge >= 0.3 is 6.18 Å². The van der Waals surface area contributed by atoms with Gasteiger partial charge in [0.2, 0.25) is 0 Å². The Bertz CT molecular complexity index is 593. The average Bonchev–Trinajstić information content (AvgIpc) is 2.76. The molecule has 1 unspecified atom stereocenters. The number of hydrogen-bond acceptors (Lipinski definition) is 2. The monoisotopic (exact) mass is 334 g/mol. The summed E-state index contributed by atoms with van der Waals surface area (Å²) in [7, 11) is 0. The molecule has 0 fully saturated rings. The van der Waals surface area contributed by atoms with Crippen LogP contribution in [0.2, 0.25) is 0 Å². The number of aliphatic hydroxyl groups is 1. The Hall–Kier alpha value is -1.34. The first kappa shape index (κ1) is 14.1. The van der Waals surface area contributed by atoms with Crippen LogP contribution in [0.4, 0.5) is 13.2 Å². The Morgan fingerprint density at radius 2 is 2.00 bits per heavy atom. The minimum absolute atomic E-state index is 0.478. The Morgan fingerprint density at radius 3 is 2.47 bits per heavy atom. The Labute approximate surface area is 115 Å². The van der Waals surface area contributed by atoms with Crippen molar-refractivity contribution in [2.24, 2.45) is 0 Å². The van der Waals surface area contributed by atoms with Gasteiger partial charge in [-0.25, -0.2) is 4.68 Å². The van der Waals surface area contributed by atoms with Gasteiger partial charge in [-0.15, -0.1) is 0 Å². The normalized spacial score (nSPS) is 13.6. The summed E-state index contributed by atoms with van der Waals surface area (Å²) in [5, 5.41) is 13.0. The Balaban J connectivity index is 2.38. The van der Waals surface area contributed by atoms with Gasteiger partial charge in [0.05, 0.1) is 11.8 Å². The van der Waals surface area contributed by atoms with Gasteiger partial charge < -0.3 is 5.11 Å². The van der Waals surface area contributed by atoms with E-state index in [4.69, 9.17) is 0 Å². The molecule has 0 amide bonds. The van der Waals surface area contributed by atoms with Crippen LogP contribution in [0.1, 0.15) is 24.3 Å². The standard InChI is InChI=1S/C12H10BrF3N2O/c1-7(19)9-3-2-8(6-10(9)13)18-5-4-11(17-18)12(14,15)16/h2-7,19H,1H3. The van der Waals surface area contributed by atoms with E-state index in [2.05, 4.69) is 21.0 Å².